The van der Waals surface area contributed by atoms with Gasteiger partial charge in [-0.1, -0.05) is 6.08 Å². The first-order chi connectivity index (χ1) is 5.85. The molecule has 1 saturated heterocycles. The minimum Gasteiger partial charge on any atom is -0.348 e. The highest BCUT2D eigenvalue weighted by atomic mass is 16.7. The molecule has 0 radical (unpaired) electrons. The number of hydrogen-bond acceptors (Lipinski definition) is 2. The topological polar surface area (TPSA) is 18.5 Å². The molecule has 1 atom stereocenters. The van der Waals surface area contributed by atoms with Gasteiger partial charge in [0.2, 0.25) is 0 Å². The molecule has 0 aromatic carbocycles. The summed E-state index contributed by atoms with van der Waals surface area (Å²) in [6, 6.07) is 0. The van der Waals surface area contributed by atoms with E-state index in [-0.39, 0.29) is 5.79 Å². The SMILES string of the molecule is C=CC1CCCC2(C1)OCCO2. The Morgan fingerprint density at radius 1 is 1.33 bits per heavy atom. The molecule has 2 rings (SSSR count). The molecular weight excluding hydrogens is 152 g/mol. The summed E-state index contributed by atoms with van der Waals surface area (Å²) >= 11 is 0. The molecule has 2 nitrogen and oxygen atoms in total. The predicted octanol–water partition coefficient (Wildman–Crippen LogP) is 2.11. The highest BCUT2D eigenvalue weighted by Crippen LogP contribution is 2.38. The van der Waals surface area contributed by atoms with E-state index in [1.54, 1.807) is 0 Å². The smallest absolute Gasteiger partial charge is 0.169 e. The highest BCUT2D eigenvalue weighted by molar-refractivity contribution is 4.90. The summed E-state index contributed by atoms with van der Waals surface area (Å²) in [5.74, 6) is 0.369. The molecule has 2 heteroatoms. The lowest BCUT2D eigenvalue weighted by molar-refractivity contribution is -0.183. The fourth-order valence-electron chi connectivity index (χ4n) is 2.20. The van der Waals surface area contributed by atoms with Crippen molar-refractivity contribution in [3.05, 3.63) is 12.7 Å². The standard InChI is InChI=1S/C10H16O2/c1-2-9-4-3-5-10(8-9)11-6-7-12-10/h2,9H,1,3-8H2. The van der Waals surface area contributed by atoms with E-state index in [9.17, 15) is 0 Å². The lowest BCUT2D eigenvalue weighted by atomic mass is 9.85. The lowest BCUT2D eigenvalue weighted by Gasteiger charge is -2.34. The van der Waals surface area contributed by atoms with Crippen molar-refractivity contribution in [1.82, 2.24) is 0 Å². The summed E-state index contributed by atoms with van der Waals surface area (Å²) in [7, 11) is 0. The highest BCUT2D eigenvalue weighted by Gasteiger charge is 2.40. The Morgan fingerprint density at radius 2 is 2.08 bits per heavy atom. The first-order valence-electron chi connectivity index (χ1n) is 4.75. The van der Waals surface area contributed by atoms with Gasteiger partial charge in [0.15, 0.2) is 5.79 Å². The molecule has 1 unspecified atom stereocenters. The van der Waals surface area contributed by atoms with Gasteiger partial charge in [-0.2, -0.15) is 0 Å². The third-order valence-corrected chi connectivity index (χ3v) is 2.85. The largest absolute Gasteiger partial charge is 0.348 e. The van der Waals surface area contributed by atoms with Crippen LogP contribution >= 0.6 is 0 Å². The zero-order chi connectivity index (χ0) is 8.44. The van der Waals surface area contributed by atoms with Crippen LogP contribution in [0.1, 0.15) is 25.7 Å². The molecule has 0 amide bonds. The van der Waals surface area contributed by atoms with Crippen LogP contribution in [0.2, 0.25) is 0 Å². The second-order valence-corrected chi connectivity index (χ2v) is 3.70. The summed E-state index contributed by atoms with van der Waals surface area (Å²) in [5.41, 5.74) is 0. The van der Waals surface area contributed by atoms with Crippen LogP contribution in [0.4, 0.5) is 0 Å². The van der Waals surface area contributed by atoms with Gasteiger partial charge in [-0.15, -0.1) is 6.58 Å². The minimum atomic E-state index is -0.225. The van der Waals surface area contributed by atoms with E-state index in [1.165, 1.54) is 12.8 Å². The Morgan fingerprint density at radius 3 is 2.75 bits per heavy atom. The molecule has 0 bridgehead atoms. The molecule has 1 aliphatic heterocycles. The predicted molar refractivity (Wildman–Crippen MR) is 46.8 cm³/mol. The van der Waals surface area contributed by atoms with Crippen LogP contribution < -0.4 is 0 Å². The molecule has 0 aromatic heterocycles. The minimum absolute atomic E-state index is 0.225. The molecule has 1 aliphatic carbocycles. The maximum atomic E-state index is 5.64. The van der Waals surface area contributed by atoms with E-state index in [1.807, 2.05) is 6.08 Å². The van der Waals surface area contributed by atoms with Crippen LogP contribution in [0.15, 0.2) is 12.7 Å². The maximum absolute atomic E-state index is 5.64. The molecule has 2 fully saturated rings. The Kier molecular flexibility index (Phi) is 2.20. The van der Waals surface area contributed by atoms with Gasteiger partial charge in [-0.25, -0.2) is 0 Å². The zero-order valence-electron chi connectivity index (χ0n) is 7.42. The second-order valence-electron chi connectivity index (χ2n) is 3.70. The molecular formula is C10H16O2. The summed E-state index contributed by atoms with van der Waals surface area (Å²) in [5, 5.41) is 0. The molecule has 0 N–H and O–H groups in total. The van der Waals surface area contributed by atoms with Gasteiger partial charge in [0.25, 0.3) is 0 Å². The maximum Gasteiger partial charge on any atom is 0.169 e. The van der Waals surface area contributed by atoms with Crippen molar-refractivity contribution in [3.63, 3.8) is 0 Å². The van der Waals surface area contributed by atoms with Crippen molar-refractivity contribution in [2.75, 3.05) is 13.2 Å². The quantitative estimate of drug-likeness (QED) is 0.558. The number of ether oxygens (including phenoxy) is 2. The van der Waals surface area contributed by atoms with E-state index in [0.29, 0.717) is 5.92 Å². The number of rotatable bonds is 1. The van der Waals surface area contributed by atoms with E-state index in [4.69, 9.17) is 9.47 Å². The fourth-order valence-corrected chi connectivity index (χ4v) is 2.20. The Bertz CT molecular complexity index is 171. The van der Waals surface area contributed by atoms with E-state index in [0.717, 1.165) is 26.1 Å². The van der Waals surface area contributed by atoms with Gasteiger partial charge in [0.1, 0.15) is 0 Å². The van der Waals surface area contributed by atoms with E-state index >= 15 is 0 Å². The second kappa shape index (κ2) is 3.19. The summed E-state index contributed by atoms with van der Waals surface area (Å²) in [4.78, 5) is 0. The first-order valence-corrected chi connectivity index (χ1v) is 4.75. The molecule has 1 spiro atoms. The van der Waals surface area contributed by atoms with Gasteiger partial charge in [-0.3, -0.25) is 0 Å². The van der Waals surface area contributed by atoms with Crippen molar-refractivity contribution in [2.24, 2.45) is 5.92 Å². The van der Waals surface area contributed by atoms with Crippen LogP contribution in [0.5, 0.6) is 0 Å². The molecule has 12 heavy (non-hydrogen) atoms. The fraction of sp³-hybridized carbons (Fsp3) is 0.800. The van der Waals surface area contributed by atoms with E-state index in [2.05, 4.69) is 6.58 Å². The Balaban J connectivity index is 2.01. The van der Waals surface area contributed by atoms with Crippen LogP contribution in [-0.2, 0) is 9.47 Å². The molecule has 0 aromatic rings. The molecule has 68 valence electrons. The third kappa shape index (κ3) is 1.41. The van der Waals surface area contributed by atoms with E-state index < -0.39 is 0 Å². The van der Waals surface area contributed by atoms with Crippen molar-refractivity contribution in [3.8, 4) is 0 Å². The average Bonchev–Trinajstić information content (AvgIpc) is 2.53. The number of allylic oxidation sites excluding steroid dienone is 1. The number of hydrogen-bond donors (Lipinski definition) is 0. The molecule has 1 saturated carbocycles. The van der Waals surface area contributed by atoms with Gasteiger partial charge >= 0.3 is 0 Å². The zero-order valence-corrected chi connectivity index (χ0v) is 7.42. The van der Waals surface area contributed by atoms with Crippen molar-refractivity contribution in [1.29, 1.82) is 0 Å². The monoisotopic (exact) mass is 168 g/mol. The van der Waals surface area contributed by atoms with Gasteiger partial charge in [0, 0.05) is 12.8 Å². The summed E-state index contributed by atoms with van der Waals surface area (Å²) < 4.78 is 11.3. The molecule has 2 aliphatic rings. The van der Waals surface area contributed by atoms with Gasteiger partial charge in [0.05, 0.1) is 13.2 Å². The van der Waals surface area contributed by atoms with Crippen LogP contribution in [0.25, 0.3) is 0 Å². The Hall–Kier alpha value is -0.340. The molecule has 1 heterocycles. The summed E-state index contributed by atoms with van der Waals surface area (Å²) in [6.07, 6.45) is 6.56. The van der Waals surface area contributed by atoms with Crippen LogP contribution in [-0.4, -0.2) is 19.0 Å². The Labute approximate surface area is 73.5 Å². The van der Waals surface area contributed by atoms with Crippen molar-refractivity contribution >= 4 is 0 Å². The average molecular weight is 168 g/mol. The van der Waals surface area contributed by atoms with Crippen LogP contribution in [0, 0.1) is 5.92 Å². The summed E-state index contributed by atoms with van der Waals surface area (Å²) in [6.45, 7) is 5.36. The van der Waals surface area contributed by atoms with Gasteiger partial charge in [-0.05, 0) is 18.8 Å². The lowest BCUT2D eigenvalue weighted by Crippen LogP contribution is -2.35. The van der Waals surface area contributed by atoms with Crippen LogP contribution in [0.3, 0.4) is 0 Å². The third-order valence-electron chi connectivity index (χ3n) is 2.85. The van der Waals surface area contributed by atoms with Gasteiger partial charge < -0.3 is 9.47 Å². The first kappa shape index (κ1) is 8.27. The normalized spacial score (nSPS) is 33.8. The van der Waals surface area contributed by atoms with Crippen molar-refractivity contribution in [2.45, 2.75) is 31.5 Å². The van der Waals surface area contributed by atoms with Crippen molar-refractivity contribution < 1.29 is 9.47 Å².